The van der Waals surface area contributed by atoms with Gasteiger partial charge in [0.2, 0.25) is 0 Å². The number of alkyl halides is 3. The maximum atomic E-state index is 13.1. The van der Waals surface area contributed by atoms with Crippen LogP contribution < -0.4 is 15.0 Å². The zero-order valence-electron chi connectivity index (χ0n) is 18.8. The summed E-state index contributed by atoms with van der Waals surface area (Å²) < 4.78 is 45.2. The van der Waals surface area contributed by atoms with Crippen LogP contribution in [0.4, 0.5) is 24.7 Å². The SMILES string of the molecule is O=C(Nc1ccc(Oc2ccc3ncc(N4CCCC4)nc3c2)cc1)c1ccc(Cl)c(C(F)(F)F)c1. The van der Waals surface area contributed by atoms with Crippen molar-refractivity contribution in [1.82, 2.24) is 9.97 Å². The van der Waals surface area contributed by atoms with E-state index in [0.717, 1.165) is 54.9 Å². The van der Waals surface area contributed by atoms with Gasteiger partial charge in [0.1, 0.15) is 17.3 Å². The van der Waals surface area contributed by atoms with Gasteiger partial charge in [-0.05, 0) is 67.4 Å². The highest BCUT2D eigenvalue weighted by Crippen LogP contribution is 2.35. The topological polar surface area (TPSA) is 67.3 Å². The summed E-state index contributed by atoms with van der Waals surface area (Å²) >= 11 is 5.62. The Kier molecular flexibility index (Phi) is 6.40. The van der Waals surface area contributed by atoms with E-state index in [9.17, 15) is 18.0 Å². The van der Waals surface area contributed by atoms with Gasteiger partial charge in [-0.2, -0.15) is 13.2 Å². The highest BCUT2D eigenvalue weighted by atomic mass is 35.5. The molecule has 0 aliphatic carbocycles. The number of carbonyl (C=O) groups is 1. The van der Waals surface area contributed by atoms with Crippen LogP contribution in [0, 0.1) is 0 Å². The number of aromatic nitrogens is 2. The van der Waals surface area contributed by atoms with Crippen molar-refractivity contribution in [3.63, 3.8) is 0 Å². The standard InChI is InChI=1S/C26H20ClF3N4O2/c27-21-9-3-16(13-20(21)26(28,29)30)25(35)32-17-4-6-18(7-5-17)36-19-8-10-22-23(14-19)33-24(15-31-22)34-11-1-2-12-34/h3-10,13-15H,1-2,11-12H2,(H,32,35). The van der Waals surface area contributed by atoms with Gasteiger partial charge < -0.3 is 15.0 Å². The fourth-order valence-electron chi connectivity index (χ4n) is 3.97. The third kappa shape index (κ3) is 5.21. The average Bonchev–Trinajstić information content (AvgIpc) is 3.39. The van der Waals surface area contributed by atoms with Crippen molar-refractivity contribution in [2.24, 2.45) is 0 Å². The van der Waals surface area contributed by atoms with E-state index in [2.05, 4.69) is 15.2 Å². The molecule has 1 fully saturated rings. The highest BCUT2D eigenvalue weighted by molar-refractivity contribution is 6.31. The van der Waals surface area contributed by atoms with Gasteiger partial charge in [-0.25, -0.2) is 4.98 Å². The predicted octanol–water partition coefficient (Wildman–Crippen LogP) is 6.95. The fourth-order valence-corrected chi connectivity index (χ4v) is 4.20. The first kappa shape index (κ1) is 23.9. The molecule has 1 aliphatic rings. The molecule has 6 nitrogen and oxygen atoms in total. The third-order valence-electron chi connectivity index (χ3n) is 5.81. The average molecular weight is 513 g/mol. The molecule has 1 aromatic heterocycles. The summed E-state index contributed by atoms with van der Waals surface area (Å²) in [5, 5.41) is 2.11. The first-order chi connectivity index (χ1) is 17.3. The highest BCUT2D eigenvalue weighted by Gasteiger charge is 2.33. The quantitative estimate of drug-likeness (QED) is 0.313. The number of halogens is 4. The van der Waals surface area contributed by atoms with Crippen LogP contribution in [0.1, 0.15) is 28.8 Å². The van der Waals surface area contributed by atoms with Gasteiger partial charge in [-0.3, -0.25) is 9.78 Å². The number of amides is 1. The van der Waals surface area contributed by atoms with Crippen LogP contribution in [-0.2, 0) is 6.18 Å². The number of nitrogens with one attached hydrogen (secondary N) is 1. The maximum absolute atomic E-state index is 13.1. The summed E-state index contributed by atoms with van der Waals surface area (Å²) in [7, 11) is 0. The lowest BCUT2D eigenvalue weighted by atomic mass is 10.1. The second-order valence-electron chi connectivity index (χ2n) is 8.35. The third-order valence-corrected chi connectivity index (χ3v) is 6.14. The maximum Gasteiger partial charge on any atom is 0.417 e. The second-order valence-corrected chi connectivity index (χ2v) is 8.75. The molecule has 1 saturated heterocycles. The molecule has 2 heterocycles. The monoisotopic (exact) mass is 512 g/mol. The molecule has 0 unspecified atom stereocenters. The molecule has 0 radical (unpaired) electrons. The zero-order chi connectivity index (χ0) is 25.3. The van der Waals surface area contributed by atoms with Gasteiger partial charge >= 0.3 is 6.18 Å². The van der Waals surface area contributed by atoms with Crippen LogP contribution in [0.3, 0.4) is 0 Å². The predicted molar refractivity (Wildman–Crippen MR) is 132 cm³/mol. The molecule has 3 aromatic carbocycles. The number of anilines is 2. The Labute approximate surface area is 209 Å². The molecular weight excluding hydrogens is 493 g/mol. The summed E-state index contributed by atoms with van der Waals surface area (Å²) in [5.41, 5.74) is 0.669. The summed E-state index contributed by atoms with van der Waals surface area (Å²) in [5.74, 6) is 1.25. The van der Waals surface area contributed by atoms with E-state index in [0.29, 0.717) is 17.2 Å². The van der Waals surface area contributed by atoms with Crippen molar-refractivity contribution in [3.05, 3.63) is 83.0 Å². The van der Waals surface area contributed by atoms with Crippen LogP contribution in [0.15, 0.2) is 66.9 Å². The van der Waals surface area contributed by atoms with E-state index >= 15 is 0 Å². The zero-order valence-corrected chi connectivity index (χ0v) is 19.6. The Morgan fingerprint density at radius 2 is 1.67 bits per heavy atom. The Morgan fingerprint density at radius 3 is 2.39 bits per heavy atom. The smallest absolute Gasteiger partial charge is 0.417 e. The van der Waals surface area contributed by atoms with Gasteiger partial charge in [-0.1, -0.05) is 11.6 Å². The van der Waals surface area contributed by atoms with E-state index in [1.54, 1.807) is 36.5 Å². The van der Waals surface area contributed by atoms with Gasteiger partial charge in [0.05, 0.1) is 27.8 Å². The molecule has 0 atom stereocenters. The van der Waals surface area contributed by atoms with Crippen molar-refractivity contribution in [1.29, 1.82) is 0 Å². The van der Waals surface area contributed by atoms with E-state index in [1.807, 2.05) is 12.1 Å². The summed E-state index contributed by atoms with van der Waals surface area (Å²) in [6.07, 6.45) is -0.577. The van der Waals surface area contributed by atoms with Crippen LogP contribution in [0.2, 0.25) is 5.02 Å². The summed E-state index contributed by atoms with van der Waals surface area (Å²) in [6.45, 7) is 1.95. The molecule has 1 N–H and O–H groups in total. The minimum atomic E-state index is -4.66. The van der Waals surface area contributed by atoms with E-state index < -0.39 is 22.7 Å². The molecule has 4 aromatic rings. The number of nitrogens with zero attached hydrogens (tertiary/aromatic N) is 3. The van der Waals surface area contributed by atoms with Crippen molar-refractivity contribution in [2.75, 3.05) is 23.3 Å². The lowest BCUT2D eigenvalue weighted by molar-refractivity contribution is -0.137. The van der Waals surface area contributed by atoms with Gasteiger partial charge in [0.15, 0.2) is 0 Å². The number of carbonyl (C=O) groups excluding carboxylic acids is 1. The number of benzene rings is 3. The Morgan fingerprint density at radius 1 is 0.944 bits per heavy atom. The Hall–Kier alpha value is -3.85. The van der Waals surface area contributed by atoms with Crippen LogP contribution in [0.5, 0.6) is 11.5 Å². The second kappa shape index (κ2) is 9.66. The summed E-state index contributed by atoms with van der Waals surface area (Å²) in [4.78, 5) is 23.9. The van der Waals surface area contributed by atoms with Crippen molar-refractivity contribution >= 4 is 40.0 Å². The van der Waals surface area contributed by atoms with E-state index in [-0.39, 0.29) is 5.56 Å². The van der Waals surface area contributed by atoms with E-state index in [4.69, 9.17) is 21.3 Å². The summed E-state index contributed by atoms with van der Waals surface area (Å²) in [6, 6.07) is 15.0. The van der Waals surface area contributed by atoms with Crippen LogP contribution >= 0.6 is 11.6 Å². The van der Waals surface area contributed by atoms with Crippen molar-refractivity contribution < 1.29 is 22.7 Å². The van der Waals surface area contributed by atoms with Crippen molar-refractivity contribution in [2.45, 2.75) is 19.0 Å². The molecule has 184 valence electrons. The number of rotatable bonds is 5. The lowest BCUT2D eigenvalue weighted by Crippen LogP contribution is -2.19. The number of ether oxygens (including phenoxy) is 1. The number of fused-ring (bicyclic) bond motifs is 1. The number of hydrogen-bond acceptors (Lipinski definition) is 5. The lowest BCUT2D eigenvalue weighted by Gasteiger charge is -2.16. The van der Waals surface area contributed by atoms with Gasteiger partial charge in [0, 0.05) is 30.4 Å². The minimum Gasteiger partial charge on any atom is -0.457 e. The molecule has 0 saturated carbocycles. The molecule has 5 rings (SSSR count). The molecule has 10 heteroatoms. The molecule has 0 spiro atoms. The van der Waals surface area contributed by atoms with Gasteiger partial charge in [-0.15, -0.1) is 0 Å². The Bertz CT molecular complexity index is 1420. The molecular formula is C26H20ClF3N4O2. The first-order valence-corrected chi connectivity index (χ1v) is 11.6. The Balaban J connectivity index is 1.28. The molecule has 1 amide bonds. The van der Waals surface area contributed by atoms with Crippen LogP contribution in [-0.4, -0.2) is 29.0 Å². The van der Waals surface area contributed by atoms with E-state index in [1.165, 1.54) is 6.07 Å². The fraction of sp³-hybridized carbons (Fsp3) is 0.192. The molecule has 1 aliphatic heterocycles. The minimum absolute atomic E-state index is 0.155. The molecule has 0 bridgehead atoms. The first-order valence-electron chi connectivity index (χ1n) is 11.2. The number of hydrogen-bond donors (Lipinski definition) is 1. The normalized spacial score (nSPS) is 13.7. The van der Waals surface area contributed by atoms with Gasteiger partial charge in [0.25, 0.3) is 5.91 Å². The van der Waals surface area contributed by atoms with Crippen molar-refractivity contribution in [3.8, 4) is 11.5 Å². The van der Waals surface area contributed by atoms with Crippen LogP contribution in [0.25, 0.3) is 11.0 Å². The largest absolute Gasteiger partial charge is 0.457 e. The molecule has 36 heavy (non-hydrogen) atoms.